The van der Waals surface area contributed by atoms with E-state index in [2.05, 4.69) is 25.8 Å². The molecule has 0 spiro atoms. The second-order valence-electron chi connectivity index (χ2n) is 4.99. The summed E-state index contributed by atoms with van der Waals surface area (Å²) >= 11 is 6.06. The first-order valence-corrected chi connectivity index (χ1v) is 5.59. The fourth-order valence-electron chi connectivity index (χ4n) is 1.68. The average molecular weight is 236 g/mol. The Morgan fingerprint density at radius 2 is 1.88 bits per heavy atom. The number of pyridine rings is 1. The highest BCUT2D eigenvalue weighted by Gasteiger charge is 2.14. The molecule has 16 heavy (non-hydrogen) atoms. The summed E-state index contributed by atoms with van der Waals surface area (Å²) in [5, 5.41) is 1.40. The first-order chi connectivity index (χ1) is 7.38. The minimum Gasteiger partial charge on any atom is -0.322 e. The van der Waals surface area contributed by atoms with Crippen LogP contribution in [0.5, 0.6) is 0 Å². The summed E-state index contributed by atoms with van der Waals surface area (Å²) < 4.78 is 0. The van der Waals surface area contributed by atoms with E-state index in [9.17, 15) is 4.79 Å². The molecule has 3 heteroatoms. The molecule has 1 heterocycles. The predicted molar refractivity (Wildman–Crippen MR) is 68.3 cm³/mol. The minimum absolute atomic E-state index is 0.0770. The van der Waals surface area contributed by atoms with Gasteiger partial charge in [0, 0.05) is 17.0 Å². The molecule has 0 amide bonds. The number of aromatic nitrogens is 1. The lowest BCUT2D eigenvalue weighted by Gasteiger charge is -2.19. The van der Waals surface area contributed by atoms with Crippen molar-refractivity contribution >= 4 is 22.5 Å². The van der Waals surface area contributed by atoms with Gasteiger partial charge in [0.1, 0.15) is 0 Å². The maximum absolute atomic E-state index is 11.2. The number of nitrogens with one attached hydrogen (secondary N) is 1. The second-order valence-corrected chi connectivity index (χ2v) is 5.40. The highest BCUT2D eigenvalue weighted by Crippen LogP contribution is 2.27. The molecule has 0 bridgehead atoms. The van der Waals surface area contributed by atoms with Crippen LogP contribution in [0.1, 0.15) is 26.3 Å². The van der Waals surface area contributed by atoms with Crippen molar-refractivity contribution in [1.82, 2.24) is 4.98 Å². The molecule has 84 valence electrons. The van der Waals surface area contributed by atoms with Gasteiger partial charge >= 0.3 is 0 Å². The van der Waals surface area contributed by atoms with Crippen molar-refractivity contribution in [2.24, 2.45) is 0 Å². The third-order valence-corrected chi connectivity index (χ3v) is 2.97. The van der Waals surface area contributed by atoms with E-state index in [-0.39, 0.29) is 11.0 Å². The summed E-state index contributed by atoms with van der Waals surface area (Å²) in [5.74, 6) is 0. The van der Waals surface area contributed by atoms with E-state index < -0.39 is 0 Å². The summed E-state index contributed by atoms with van der Waals surface area (Å²) in [4.78, 5) is 14.0. The van der Waals surface area contributed by atoms with Gasteiger partial charge in [-0.1, -0.05) is 38.4 Å². The van der Waals surface area contributed by atoms with Crippen molar-refractivity contribution in [2.75, 3.05) is 0 Å². The van der Waals surface area contributed by atoms with Crippen molar-refractivity contribution in [3.8, 4) is 0 Å². The summed E-state index contributed by atoms with van der Waals surface area (Å²) in [5.41, 5.74) is 1.90. The van der Waals surface area contributed by atoms with Crippen molar-refractivity contribution in [3.63, 3.8) is 0 Å². The number of fused-ring (bicyclic) bond motifs is 1. The van der Waals surface area contributed by atoms with Crippen LogP contribution in [0.3, 0.4) is 0 Å². The van der Waals surface area contributed by atoms with Crippen LogP contribution in [0.4, 0.5) is 0 Å². The van der Waals surface area contributed by atoms with Gasteiger partial charge in [0.25, 0.3) is 0 Å². The standard InChI is InChI=1S/C13H14ClNO/c1-13(2,3)8-4-5-11-9(6-8)10(14)7-12(16)15-11/h4-7H,1-3H3,(H,15,16). The van der Waals surface area contributed by atoms with Gasteiger partial charge in [-0.25, -0.2) is 0 Å². The summed E-state index contributed by atoms with van der Waals surface area (Å²) in [7, 11) is 0. The van der Waals surface area contributed by atoms with Gasteiger partial charge in [0.05, 0.1) is 5.02 Å². The van der Waals surface area contributed by atoms with Crippen molar-refractivity contribution < 1.29 is 0 Å². The van der Waals surface area contributed by atoms with Crippen molar-refractivity contribution in [2.45, 2.75) is 26.2 Å². The smallest absolute Gasteiger partial charge is 0.249 e. The summed E-state index contributed by atoms with van der Waals surface area (Å²) in [6.07, 6.45) is 0. The quantitative estimate of drug-likeness (QED) is 0.745. The van der Waals surface area contributed by atoms with Gasteiger partial charge in [-0.2, -0.15) is 0 Å². The molecule has 2 rings (SSSR count). The van der Waals surface area contributed by atoms with Crippen LogP contribution < -0.4 is 5.56 Å². The Labute approximate surface area is 99.3 Å². The minimum atomic E-state index is -0.166. The van der Waals surface area contributed by atoms with Gasteiger partial charge < -0.3 is 4.98 Å². The molecule has 2 nitrogen and oxygen atoms in total. The van der Waals surface area contributed by atoms with Crippen LogP contribution in [0.25, 0.3) is 10.9 Å². The first-order valence-electron chi connectivity index (χ1n) is 5.21. The number of benzene rings is 1. The number of hydrogen-bond donors (Lipinski definition) is 1. The van der Waals surface area contributed by atoms with Gasteiger partial charge in [-0.3, -0.25) is 4.79 Å². The summed E-state index contributed by atoms with van der Waals surface area (Å²) in [6, 6.07) is 7.38. The van der Waals surface area contributed by atoms with E-state index in [4.69, 9.17) is 11.6 Å². The zero-order chi connectivity index (χ0) is 11.9. The van der Waals surface area contributed by atoms with Crippen LogP contribution >= 0.6 is 11.6 Å². The van der Waals surface area contributed by atoms with Gasteiger partial charge in [-0.15, -0.1) is 0 Å². The van der Waals surface area contributed by atoms with E-state index in [1.165, 1.54) is 11.6 Å². The van der Waals surface area contributed by atoms with E-state index in [1.54, 1.807) is 0 Å². The normalized spacial score (nSPS) is 12.0. The maximum Gasteiger partial charge on any atom is 0.249 e. The predicted octanol–water partition coefficient (Wildman–Crippen LogP) is 3.48. The fourth-order valence-corrected chi connectivity index (χ4v) is 1.93. The molecule has 0 saturated heterocycles. The lowest BCUT2D eigenvalue weighted by atomic mass is 9.86. The van der Waals surface area contributed by atoms with Crippen LogP contribution in [-0.2, 0) is 5.41 Å². The number of halogens is 1. The number of aromatic amines is 1. The van der Waals surface area contributed by atoms with Crippen molar-refractivity contribution in [1.29, 1.82) is 0 Å². The molecule has 0 aliphatic rings. The van der Waals surface area contributed by atoms with Crippen LogP contribution in [0.2, 0.25) is 5.02 Å². The van der Waals surface area contributed by atoms with Crippen LogP contribution in [-0.4, -0.2) is 4.98 Å². The molecule has 0 aliphatic carbocycles. The molecule has 0 saturated carbocycles. The molecular weight excluding hydrogens is 222 g/mol. The second kappa shape index (κ2) is 3.63. The monoisotopic (exact) mass is 235 g/mol. The molecule has 1 N–H and O–H groups in total. The van der Waals surface area contributed by atoms with Crippen LogP contribution in [0, 0.1) is 0 Å². The Kier molecular flexibility index (Phi) is 2.55. The van der Waals surface area contributed by atoms with E-state index in [0.717, 1.165) is 10.9 Å². The Morgan fingerprint density at radius 1 is 1.19 bits per heavy atom. The van der Waals surface area contributed by atoms with E-state index in [1.807, 2.05) is 18.2 Å². The fraction of sp³-hybridized carbons (Fsp3) is 0.308. The lowest BCUT2D eigenvalue weighted by Crippen LogP contribution is -2.11. The largest absolute Gasteiger partial charge is 0.322 e. The van der Waals surface area contributed by atoms with Crippen LogP contribution in [0.15, 0.2) is 29.1 Å². The topological polar surface area (TPSA) is 32.9 Å². The lowest BCUT2D eigenvalue weighted by molar-refractivity contribution is 0.591. The maximum atomic E-state index is 11.2. The van der Waals surface area contributed by atoms with Crippen molar-refractivity contribution in [3.05, 3.63) is 45.2 Å². The third-order valence-electron chi connectivity index (χ3n) is 2.66. The molecule has 0 aliphatic heterocycles. The molecule has 0 atom stereocenters. The van der Waals surface area contributed by atoms with E-state index in [0.29, 0.717) is 5.02 Å². The van der Waals surface area contributed by atoms with Gasteiger partial charge in [-0.05, 0) is 23.1 Å². The Balaban J connectivity index is 2.76. The number of rotatable bonds is 0. The highest BCUT2D eigenvalue weighted by molar-refractivity contribution is 6.35. The molecule has 2 aromatic rings. The molecule has 0 fully saturated rings. The molecule has 0 unspecified atom stereocenters. The number of hydrogen-bond acceptors (Lipinski definition) is 1. The first kappa shape index (κ1) is 11.2. The zero-order valence-electron chi connectivity index (χ0n) is 9.60. The van der Waals surface area contributed by atoms with E-state index >= 15 is 0 Å². The zero-order valence-corrected chi connectivity index (χ0v) is 10.4. The Morgan fingerprint density at radius 3 is 2.50 bits per heavy atom. The Bertz CT molecular complexity index is 593. The molecule has 0 radical (unpaired) electrons. The average Bonchev–Trinajstić information content (AvgIpc) is 2.15. The SMILES string of the molecule is CC(C)(C)c1ccc2[nH]c(=O)cc(Cl)c2c1. The van der Waals surface area contributed by atoms with Gasteiger partial charge in [0.15, 0.2) is 0 Å². The third kappa shape index (κ3) is 1.98. The molecule has 1 aromatic heterocycles. The van der Waals surface area contributed by atoms with Gasteiger partial charge in [0.2, 0.25) is 5.56 Å². The number of H-pyrrole nitrogens is 1. The highest BCUT2D eigenvalue weighted by atomic mass is 35.5. The molecule has 1 aromatic carbocycles. The molecular formula is C13H14ClNO. The Hall–Kier alpha value is -1.28. The summed E-state index contributed by atoms with van der Waals surface area (Å²) in [6.45, 7) is 6.44.